The molecule has 0 aliphatic heterocycles. The first-order chi connectivity index (χ1) is 11.4. The van der Waals surface area contributed by atoms with Gasteiger partial charge in [0, 0.05) is 17.6 Å². The van der Waals surface area contributed by atoms with Crippen molar-refractivity contribution in [1.29, 1.82) is 0 Å². The van der Waals surface area contributed by atoms with Crippen molar-refractivity contribution in [3.05, 3.63) is 58.1 Å². The van der Waals surface area contributed by atoms with Crippen LogP contribution in [0.3, 0.4) is 0 Å². The lowest BCUT2D eigenvalue weighted by atomic mass is 10.2. The zero-order chi connectivity index (χ0) is 17.6. The Labute approximate surface area is 146 Å². The highest BCUT2D eigenvalue weighted by Gasteiger charge is 2.29. The van der Waals surface area contributed by atoms with Crippen LogP contribution in [0.15, 0.2) is 46.9 Å². The number of benzene rings is 2. The van der Waals surface area contributed by atoms with Crippen molar-refractivity contribution in [2.45, 2.75) is 19.3 Å². The van der Waals surface area contributed by atoms with E-state index in [1.54, 1.807) is 12.1 Å². The van der Waals surface area contributed by atoms with E-state index < -0.39 is 12.8 Å². The van der Waals surface area contributed by atoms with Crippen molar-refractivity contribution in [3.63, 3.8) is 0 Å². The molecule has 7 heteroatoms. The van der Waals surface area contributed by atoms with E-state index in [1.807, 2.05) is 24.3 Å². The molecule has 0 unspecified atom stereocenters. The van der Waals surface area contributed by atoms with Crippen LogP contribution in [0.1, 0.15) is 11.1 Å². The van der Waals surface area contributed by atoms with Crippen LogP contribution in [0.25, 0.3) is 0 Å². The molecular weight excluding hydrogens is 387 g/mol. The average Bonchev–Trinajstić information content (AvgIpc) is 2.54. The molecule has 0 atom stereocenters. The summed E-state index contributed by atoms with van der Waals surface area (Å²) < 4.78 is 47.6. The molecule has 0 spiro atoms. The number of rotatable bonds is 7. The zero-order valence-electron chi connectivity index (χ0n) is 13.0. The summed E-state index contributed by atoms with van der Waals surface area (Å²) in [6, 6.07) is 12.8. The van der Waals surface area contributed by atoms with Crippen molar-refractivity contribution in [3.8, 4) is 11.5 Å². The molecule has 0 amide bonds. The van der Waals surface area contributed by atoms with Crippen LogP contribution < -0.4 is 14.8 Å². The monoisotopic (exact) mass is 403 g/mol. The molecule has 130 valence electrons. The standard InChI is InChI=1S/C17H17BrF3NO2/c1-23-16-8-13(4-7-15(16)24-11-17(19,20)21)10-22-9-12-2-5-14(18)6-3-12/h2-8,22H,9-11H2,1H3. The minimum Gasteiger partial charge on any atom is -0.493 e. The Morgan fingerprint density at radius 2 is 1.58 bits per heavy atom. The molecule has 0 aliphatic carbocycles. The van der Waals surface area contributed by atoms with Gasteiger partial charge in [0.25, 0.3) is 0 Å². The van der Waals surface area contributed by atoms with Gasteiger partial charge in [0.15, 0.2) is 18.1 Å². The largest absolute Gasteiger partial charge is 0.493 e. The minimum atomic E-state index is -4.38. The topological polar surface area (TPSA) is 30.5 Å². The van der Waals surface area contributed by atoms with Gasteiger partial charge in [-0.25, -0.2) is 0 Å². The molecule has 0 saturated carbocycles. The fourth-order valence-corrected chi connectivity index (χ4v) is 2.32. The summed E-state index contributed by atoms with van der Waals surface area (Å²) in [6.07, 6.45) is -4.38. The SMILES string of the molecule is COc1cc(CNCc2ccc(Br)cc2)ccc1OCC(F)(F)F. The number of nitrogens with one attached hydrogen (secondary N) is 1. The van der Waals surface area contributed by atoms with Gasteiger partial charge < -0.3 is 14.8 Å². The molecule has 0 saturated heterocycles. The number of methoxy groups -OCH3 is 1. The second-order valence-corrected chi connectivity index (χ2v) is 6.03. The number of ether oxygens (including phenoxy) is 2. The predicted octanol–water partition coefficient (Wildman–Crippen LogP) is 4.69. The molecule has 0 fully saturated rings. The molecule has 0 bridgehead atoms. The van der Waals surface area contributed by atoms with Crippen LogP contribution in [-0.4, -0.2) is 19.9 Å². The van der Waals surface area contributed by atoms with Gasteiger partial charge in [-0.3, -0.25) is 0 Å². The highest BCUT2D eigenvalue weighted by atomic mass is 79.9. The number of hydrogen-bond acceptors (Lipinski definition) is 3. The Hall–Kier alpha value is -1.73. The Morgan fingerprint density at radius 3 is 2.21 bits per heavy atom. The third kappa shape index (κ3) is 6.05. The van der Waals surface area contributed by atoms with Crippen molar-refractivity contribution < 1.29 is 22.6 Å². The van der Waals surface area contributed by atoms with E-state index >= 15 is 0 Å². The van der Waals surface area contributed by atoms with Crippen LogP contribution >= 0.6 is 15.9 Å². The normalized spacial score (nSPS) is 11.4. The van der Waals surface area contributed by atoms with E-state index in [-0.39, 0.29) is 11.5 Å². The maximum absolute atomic E-state index is 12.2. The lowest BCUT2D eigenvalue weighted by Gasteiger charge is -2.14. The molecule has 2 aromatic rings. The number of alkyl halides is 3. The van der Waals surface area contributed by atoms with Gasteiger partial charge in [-0.15, -0.1) is 0 Å². The summed E-state index contributed by atoms with van der Waals surface area (Å²) in [5, 5.41) is 3.27. The third-order valence-corrected chi connectivity index (χ3v) is 3.72. The number of hydrogen-bond donors (Lipinski definition) is 1. The highest BCUT2D eigenvalue weighted by Crippen LogP contribution is 2.29. The van der Waals surface area contributed by atoms with Crippen LogP contribution in [0.4, 0.5) is 13.2 Å². The fraction of sp³-hybridized carbons (Fsp3) is 0.294. The van der Waals surface area contributed by atoms with E-state index in [2.05, 4.69) is 21.2 Å². The van der Waals surface area contributed by atoms with Crippen molar-refractivity contribution >= 4 is 15.9 Å². The molecule has 1 N–H and O–H groups in total. The van der Waals surface area contributed by atoms with Crippen molar-refractivity contribution in [2.75, 3.05) is 13.7 Å². The first-order valence-electron chi connectivity index (χ1n) is 7.19. The van der Waals surface area contributed by atoms with Gasteiger partial charge in [-0.2, -0.15) is 13.2 Å². The second-order valence-electron chi connectivity index (χ2n) is 5.12. The van der Waals surface area contributed by atoms with Gasteiger partial charge >= 0.3 is 6.18 Å². The van der Waals surface area contributed by atoms with Crippen LogP contribution in [0.2, 0.25) is 0 Å². The van der Waals surface area contributed by atoms with Gasteiger partial charge in [-0.1, -0.05) is 34.1 Å². The summed E-state index contributed by atoms with van der Waals surface area (Å²) in [5.41, 5.74) is 2.03. The molecule has 3 nitrogen and oxygen atoms in total. The first-order valence-corrected chi connectivity index (χ1v) is 7.98. The van der Waals surface area contributed by atoms with E-state index in [0.717, 1.165) is 15.6 Å². The maximum atomic E-state index is 12.2. The Balaban J connectivity index is 1.92. The number of halogens is 4. The van der Waals surface area contributed by atoms with Crippen LogP contribution in [0.5, 0.6) is 11.5 Å². The summed E-state index contributed by atoms with van der Waals surface area (Å²) >= 11 is 3.38. The van der Waals surface area contributed by atoms with Crippen molar-refractivity contribution in [2.24, 2.45) is 0 Å². The van der Waals surface area contributed by atoms with Crippen LogP contribution in [0, 0.1) is 0 Å². The molecule has 2 rings (SSSR count). The Kier molecular flexibility index (Phi) is 6.51. The Morgan fingerprint density at radius 1 is 0.958 bits per heavy atom. The average molecular weight is 404 g/mol. The van der Waals surface area contributed by atoms with E-state index in [1.165, 1.54) is 13.2 Å². The van der Waals surface area contributed by atoms with E-state index in [0.29, 0.717) is 13.1 Å². The lowest BCUT2D eigenvalue weighted by molar-refractivity contribution is -0.153. The predicted molar refractivity (Wildman–Crippen MR) is 89.2 cm³/mol. The first kappa shape index (κ1) is 18.6. The lowest BCUT2D eigenvalue weighted by Crippen LogP contribution is -2.19. The summed E-state index contributed by atoms with van der Waals surface area (Å²) in [5.74, 6) is 0.355. The van der Waals surface area contributed by atoms with Gasteiger partial charge in [0.1, 0.15) is 0 Å². The quantitative estimate of drug-likeness (QED) is 0.727. The third-order valence-electron chi connectivity index (χ3n) is 3.19. The van der Waals surface area contributed by atoms with Gasteiger partial charge in [-0.05, 0) is 35.4 Å². The highest BCUT2D eigenvalue weighted by molar-refractivity contribution is 9.10. The van der Waals surface area contributed by atoms with E-state index in [4.69, 9.17) is 9.47 Å². The summed E-state index contributed by atoms with van der Waals surface area (Å²) in [4.78, 5) is 0. The van der Waals surface area contributed by atoms with E-state index in [9.17, 15) is 13.2 Å². The van der Waals surface area contributed by atoms with Crippen molar-refractivity contribution in [1.82, 2.24) is 5.32 Å². The molecule has 0 aliphatic rings. The maximum Gasteiger partial charge on any atom is 0.422 e. The molecule has 24 heavy (non-hydrogen) atoms. The second kappa shape index (κ2) is 8.39. The molecule has 0 aromatic heterocycles. The summed E-state index contributed by atoms with van der Waals surface area (Å²) in [6.45, 7) is -0.0988. The van der Waals surface area contributed by atoms with Gasteiger partial charge in [0.05, 0.1) is 7.11 Å². The fourth-order valence-electron chi connectivity index (χ4n) is 2.05. The summed E-state index contributed by atoms with van der Waals surface area (Å²) in [7, 11) is 1.40. The molecule has 0 heterocycles. The van der Waals surface area contributed by atoms with Crippen LogP contribution in [-0.2, 0) is 13.1 Å². The Bertz CT molecular complexity index is 660. The smallest absolute Gasteiger partial charge is 0.422 e. The minimum absolute atomic E-state index is 0.0754. The van der Waals surface area contributed by atoms with Gasteiger partial charge in [0.2, 0.25) is 0 Å². The molecular formula is C17H17BrF3NO2. The molecule has 0 radical (unpaired) electrons. The zero-order valence-corrected chi connectivity index (χ0v) is 14.6. The molecule has 2 aromatic carbocycles.